The number of aryl methyl sites for hydroxylation is 1. The van der Waals surface area contributed by atoms with Gasteiger partial charge in [0.05, 0.1) is 22.4 Å². The smallest absolute Gasteiger partial charge is 0.0748 e. The first-order valence-electron chi connectivity index (χ1n) is 4.09. The highest BCUT2D eigenvalue weighted by molar-refractivity contribution is 6.38. The lowest BCUT2D eigenvalue weighted by Gasteiger charge is -2.05. The van der Waals surface area contributed by atoms with E-state index in [4.69, 9.17) is 28.9 Å². The monoisotopic (exact) mass is 226 g/mol. The van der Waals surface area contributed by atoms with Crippen molar-refractivity contribution < 1.29 is 0 Å². The number of pyridine rings is 1. The van der Waals surface area contributed by atoms with Gasteiger partial charge in [-0.1, -0.05) is 23.2 Å². The summed E-state index contributed by atoms with van der Waals surface area (Å²) in [6.45, 7) is 1.94. The van der Waals surface area contributed by atoms with E-state index >= 15 is 0 Å². The number of nitrogens with zero attached hydrogens (tertiary/aromatic N) is 1. The molecular weight excluding hydrogens is 219 g/mol. The van der Waals surface area contributed by atoms with E-state index in [9.17, 15) is 0 Å². The molecule has 14 heavy (non-hydrogen) atoms. The largest absolute Gasteiger partial charge is 0.396 e. The fraction of sp³-hybridized carbons (Fsp3) is 0.100. The second kappa shape index (κ2) is 3.30. The molecule has 0 atom stereocenters. The third-order valence-corrected chi connectivity index (χ3v) is 2.73. The van der Waals surface area contributed by atoms with Gasteiger partial charge in [-0.15, -0.1) is 0 Å². The van der Waals surface area contributed by atoms with Crippen molar-refractivity contribution in [3.05, 3.63) is 33.9 Å². The normalized spacial score (nSPS) is 10.8. The van der Waals surface area contributed by atoms with E-state index < -0.39 is 0 Å². The van der Waals surface area contributed by atoms with E-state index in [1.807, 2.05) is 13.0 Å². The van der Waals surface area contributed by atoms with Gasteiger partial charge in [0.2, 0.25) is 0 Å². The van der Waals surface area contributed by atoms with Crippen molar-refractivity contribution in [3.8, 4) is 0 Å². The van der Waals surface area contributed by atoms with Gasteiger partial charge in [0, 0.05) is 10.4 Å². The summed E-state index contributed by atoms with van der Waals surface area (Å²) in [5.74, 6) is 0. The molecule has 2 N–H and O–H groups in total. The predicted molar refractivity (Wildman–Crippen MR) is 60.9 cm³/mol. The zero-order chi connectivity index (χ0) is 10.3. The first-order chi connectivity index (χ1) is 6.59. The molecule has 1 heterocycles. The maximum absolute atomic E-state index is 6.05. The number of nitrogen functional groups attached to an aromatic ring is 1. The average molecular weight is 227 g/mol. The molecule has 2 aromatic rings. The van der Waals surface area contributed by atoms with E-state index in [-0.39, 0.29) is 0 Å². The lowest BCUT2D eigenvalue weighted by atomic mass is 10.1. The van der Waals surface area contributed by atoms with Gasteiger partial charge < -0.3 is 5.73 Å². The fourth-order valence-electron chi connectivity index (χ4n) is 1.42. The van der Waals surface area contributed by atoms with Crippen LogP contribution in [0, 0.1) is 6.92 Å². The highest BCUT2D eigenvalue weighted by Gasteiger charge is 2.07. The first kappa shape index (κ1) is 9.56. The highest BCUT2D eigenvalue weighted by Crippen LogP contribution is 2.31. The molecule has 0 amide bonds. The first-order valence-corrected chi connectivity index (χ1v) is 4.85. The summed E-state index contributed by atoms with van der Waals surface area (Å²) in [5, 5.41) is 1.96. The SMILES string of the molecule is Cc1cc(Cl)cc2c(Cl)c(N)cnc12. The minimum atomic E-state index is 0.473. The van der Waals surface area contributed by atoms with Crippen LogP contribution >= 0.6 is 23.2 Å². The van der Waals surface area contributed by atoms with Crippen LogP contribution in [0.4, 0.5) is 5.69 Å². The van der Waals surface area contributed by atoms with Gasteiger partial charge >= 0.3 is 0 Å². The number of rotatable bonds is 0. The van der Waals surface area contributed by atoms with Gasteiger partial charge in [-0.25, -0.2) is 0 Å². The van der Waals surface area contributed by atoms with Crippen molar-refractivity contribution in [3.63, 3.8) is 0 Å². The number of hydrogen-bond acceptors (Lipinski definition) is 2. The number of halogens is 2. The Morgan fingerprint density at radius 1 is 1.29 bits per heavy atom. The Hall–Kier alpha value is -0.990. The number of nitrogens with two attached hydrogens (primary N) is 1. The molecule has 0 radical (unpaired) electrons. The second-order valence-electron chi connectivity index (χ2n) is 3.15. The van der Waals surface area contributed by atoms with Crippen LogP contribution in [-0.4, -0.2) is 4.98 Å². The third kappa shape index (κ3) is 1.41. The topological polar surface area (TPSA) is 38.9 Å². The Balaban J connectivity index is 2.95. The van der Waals surface area contributed by atoms with Gasteiger partial charge in [-0.3, -0.25) is 4.98 Å². The summed E-state index contributed by atoms with van der Waals surface area (Å²) in [6.07, 6.45) is 1.56. The van der Waals surface area contributed by atoms with Crippen LogP contribution in [0.1, 0.15) is 5.56 Å². The molecule has 0 saturated carbocycles. The minimum Gasteiger partial charge on any atom is -0.396 e. The number of anilines is 1. The molecule has 0 unspecified atom stereocenters. The molecule has 0 aliphatic carbocycles. The van der Waals surface area contributed by atoms with Gasteiger partial charge in [0.15, 0.2) is 0 Å². The van der Waals surface area contributed by atoms with Crippen molar-refractivity contribution in [2.24, 2.45) is 0 Å². The van der Waals surface area contributed by atoms with Crippen molar-refractivity contribution in [1.82, 2.24) is 4.98 Å². The second-order valence-corrected chi connectivity index (χ2v) is 3.96. The summed E-state index contributed by atoms with van der Waals surface area (Å²) in [5.41, 5.74) is 7.96. The molecular formula is C10H8Cl2N2. The van der Waals surface area contributed by atoms with Crippen molar-refractivity contribution >= 4 is 39.8 Å². The molecule has 0 aliphatic rings. The Morgan fingerprint density at radius 3 is 2.71 bits per heavy atom. The van der Waals surface area contributed by atoms with Gasteiger partial charge in [0.25, 0.3) is 0 Å². The Morgan fingerprint density at radius 2 is 2.00 bits per heavy atom. The maximum Gasteiger partial charge on any atom is 0.0748 e. The Labute approximate surface area is 91.6 Å². The summed E-state index contributed by atoms with van der Waals surface area (Å²) < 4.78 is 0. The molecule has 2 nitrogen and oxygen atoms in total. The third-order valence-electron chi connectivity index (χ3n) is 2.09. The lowest BCUT2D eigenvalue weighted by molar-refractivity contribution is 1.37. The molecule has 72 valence electrons. The predicted octanol–water partition coefficient (Wildman–Crippen LogP) is 3.43. The van der Waals surface area contributed by atoms with Crippen molar-refractivity contribution in [2.45, 2.75) is 6.92 Å². The molecule has 4 heteroatoms. The van der Waals surface area contributed by atoms with Gasteiger partial charge in [0.1, 0.15) is 0 Å². The van der Waals surface area contributed by atoms with Gasteiger partial charge in [-0.05, 0) is 24.6 Å². The van der Waals surface area contributed by atoms with Crippen LogP contribution < -0.4 is 5.73 Å². The lowest BCUT2D eigenvalue weighted by Crippen LogP contribution is -1.91. The zero-order valence-corrected chi connectivity index (χ0v) is 9.02. The number of fused-ring (bicyclic) bond motifs is 1. The molecule has 0 fully saturated rings. The standard InChI is InChI=1S/C10H8Cl2N2/c1-5-2-6(11)3-7-9(12)8(13)4-14-10(5)7/h2-4H,13H2,1H3. The van der Waals surface area contributed by atoms with E-state index in [2.05, 4.69) is 4.98 Å². The zero-order valence-electron chi connectivity index (χ0n) is 7.51. The van der Waals surface area contributed by atoms with Crippen LogP contribution in [0.5, 0.6) is 0 Å². The molecule has 2 rings (SSSR count). The van der Waals surface area contributed by atoms with Crippen molar-refractivity contribution in [1.29, 1.82) is 0 Å². The summed E-state index contributed by atoms with van der Waals surface area (Å²) in [6, 6.07) is 3.62. The van der Waals surface area contributed by atoms with Gasteiger partial charge in [-0.2, -0.15) is 0 Å². The van der Waals surface area contributed by atoms with E-state index in [1.54, 1.807) is 12.3 Å². The minimum absolute atomic E-state index is 0.473. The molecule has 0 spiro atoms. The van der Waals surface area contributed by atoms with E-state index in [0.717, 1.165) is 16.5 Å². The van der Waals surface area contributed by atoms with E-state index in [0.29, 0.717) is 15.7 Å². The van der Waals surface area contributed by atoms with Crippen LogP contribution in [0.3, 0.4) is 0 Å². The fourth-order valence-corrected chi connectivity index (χ4v) is 1.89. The summed E-state index contributed by atoms with van der Waals surface area (Å²) in [7, 11) is 0. The molecule has 1 aromatic carbocycles. The van der Waals surface area contributed by atoms with Crippen LogP contribution in [0.15, 0.2) is 18.3 Å². The quantitative estimate of drug-likeness (QED) is 0.748. The van der Waals surface area contributed by atoms with Crippen LogP contribution in [0.25, 0.3) is 10.9 Å². The molecule has 0 saturated heterocycles. The van der Waals surface area contributed by atoms with Crippen LogP contribution in [0.2, 0.25) is 10.0 Å². The molecule has 0 aliphatic heterocycles. The Bertz CT molecular complexity index is 509. The number of hydrogen-bond donors (Lipinski definition) is 1. The van der Waals surface area contributed by atoms with Crippen molar-refractivity contribution in [2.75, 3.05) is 5.73 Å². The van der Waals surface area contributed by atoms with Crippen LogP contribution in [-0.2, 0) is 0 Å². The molecule has 0 bridgehead atoms. The number of benzene rings is 1. The number of aromatic nitrogens is 1. The summed E-state index contributed by atoms with van der Waals surface area (Å²) in [4.78, 5) is 4.21. The Kier molecular flexibility index (Phi) is 2.25. The average Bonchev–Trinajstić information content (AvgIpc) is 2.12. The van der Waals surface area contributed by atoms with E-state index in [1.165, 1.54) is 0 Å². The maximum atomic E-state index is 6.05. The summed E-state index contributed by atoms with van der Waals surface area (Å²) >= 11 is 12.0. The molecule has 1 aromatic heterocycles. The highest BCUT2D eigenvalue weighted by atomic mass is 35.5.